The zero-order valence-corrected chi connectivity index (χ0v) is 19.8. The van der Waals surface area contributed by atoms with Gasteiger partial charge in [0.15, 0.2) is 10.9 Å². The molecule has 10 nitrogen and oxygen atoms in total. The summed E-state index contributed by atoms with van der Waals surface area (Å²) in [4.78, 5) is 19.9. The quantitative estimate of drug-likeness (QED) is 0.316. The van der Waals surface area contributed by atoms with Crippen molar-refractivity contribution in [1.29, 1.82) is 0 Å². The van der Waals surface area contributed by atoms with Crippen molar-refractivity contribution in [2.24, 2.45) is 0 Å². The third-order valence-electron chi connectivity index (χ3n) is 4.20. The fraction of sp³-hybridized carbons (Fsp3) is 0.0909. The average Bonchev–Trinajstić information content (AvgIpc) is 2.83. The summed E-state index contributed by atoms with van der Waals surface area (Å²) in [6.07, 6.45) is 3.02. The zero-order chi connectivity index (χ0) is 24.6. The summed E-state index contributed by atoms with van der Waals surface area (Å²) in [5.74, 6) is -0.280. The molecule has 0 fully saturated rings. The fourth-order valence-corrected chi connectivity index (χ4v) is 3.83. The van der Waals surface area contributed by atoms with Crippen LogP contribution in [0.5, 0.6) is 11.9 Å². The summed E-state index contributed by atoms with van der Waals surface area (Å²) in [6.45, 7) is 0. The van der Waals surface area contributed by atoms with Crippen LogP contribution in [0.3, 0.4) is 0 Å². The van der Waals surface area contributed by atoms with Gasteiger partial charge >= 0.3 is 6.01 Å². The van der Waals surface area contributed by atoms with Crippen molar-refractivity contribution in [3.05, 3.63) is 72.3 Å². The highest BCUT2D eigenvalue weighted by Gasteiger charge is 2.17. The van der Waals surface area contributed by atoms with Crippen molar-refractivity contribution in [2.75, 3.05) is 24.3 Å². The van der Waals surface area contributed by atoms with Gasteiger partial charge in [0.2, 0.25) is 11.8 Å². The molecule has 1 aromatic heterocycles. The maximum atomic E-state index is 12.7. The van der Waals surface area contributed by atoms with E-state index >= 15 is 0 Å². The second-order valence-corrected chi connectivity index (χ2v) is 8.69. The Labute approximate surface area is 202 Å². The fourth-order valence-electron chi connectivity index (χ4n) is 2.62. The van der Waals surface area contributed by atoms with Gasteiger partial charge in [-0.3, -0.25) is 14.8 Å². The second kappa shape index (κ2) is 11.2. The van der Waals surface area contributed by atoms with E-state index in [-0.39, 0.29) is 27.7 Å². The first kappa shape index (κ1) is 24.6. The minimum atomic E-state index is -3.95. The lowest BCUT2D eigenvalue weighted by Gasteiger charge is -2.11. The molecule has 2 aromatic carbocycles. The molecule has 3 rings (SSSR count). The Morgan fingerprint density at radius 1 is 1.00 bits per heavy atom. The Kier molecular flexibility index (Phi) is 8.11. The van der Waals surface area contributed by atoms with Gasteiger partial charge in [0.1, 0.15) is 0 Å². The third-order valence-corrected chi connectivity index (χ3v) is 5.77. The molecular formula is C22H21N5O5S2. The van der Waals surface area contributed by atoms with E-state index in [9.17, 15) is 13.2 Å². The molecule has 1 heterocycles. The number of ether oxygens (including phenoxy) is 2. The van der Waals surface area contributed by atoms with Crippen LogP contribution in [0.15, 0.2) is 71.6 Å². The molecule has 0 atom stereocenters. The van der Waals surface area contributed by atoms with Crippen LogP contribution in [0.2, 0.25) is 0 Å². The third kappa shape index (κ3) is 6.98. The number of anilines is 2. The number of sulfonamides is 1. The van der Waals surface area contributed by atoms with Crippen LogP contribution in [0.25, 0.3) is 6.08 Å². The molecule has 3 aromatic rings. The molecule has 0 unspecified atom stereocenters. The van der Waals surface area contributed by atoms with Crippen molar-refractivity contribution in [3.8, 4) is 11.9 Å². The predicted octanol–water partition coefficient (Wildman–Crippen LogP) is 2.82. The van der Waals surface area contributed by atoms with E-state index in [1.807, 2.05) is 30.3 Å². The van der Waals surface area contributed by atoms with Gasteiger partial charge < -0.3 is 14.8 Å². The number of carbonyl (C=O) groups excluding carboxylic acids is 1. The molecule has 1 amide bonds. The number of thiocarbonyl (C=S) groups is 1. The predicted molar refractivity (Wildman–Crippen MR) is 132 cm³/mol. The Bertz CT molecular complexity index is 1270. The summed E-state index contributed by atoms with van der Waals surface area (Å²) >= 11 is 5.14. The first-order chi connectivity index (χ1) is 16.3. The number of hydrogen-bond donors (Lipinski definition) is 3. The molecule has 12 heteroatoms. The maximum Gasteiger partial charge on any atom is 0.321 e. The smallest absolute Gasteiger partial charge is 0.321 e. The number of methoxy groups -OCH3 is 2. The minimum absolute atomic E-state index is 0.0154. The van der Waals surface area contributed by atoms with Gasteiger partial charge in [-0.1, -0.05) is 30.3 Å². The number of carbonyl (C=O) groups is 1. The first-order valence-electron chi connectivity index (χ1n) is 9.74. The maximum absolute atomic E-state index is 12.7. The zero-order valence-electron chi connectivity index (χ0n) is 18.2. The van der Waals surface area contributed by atoms with E-state index in [1.165, 1.54) is 50.6 Å². The van der Waals surface area contributed by atoms with Crippen LogP contribution >= 0.6 is 12.2 Å². The van der Waals surface area contributed by atoms with Gasteiger partial charge in [-0.05, 0) is 48.1 Å². The number of hydrogen-bond acceptors (Lipinski definition) is 8. The highest BCUT2D eigenvalue weighted by molar-refractivity contribution is 7.92. The monoisotopic (exact) mass is 499 g/mol. The first-order valence-corrected chi connectivity index (χ1v) is 11.6. The summed E-state index contributed by atoms with van der Waals surface area (Å²) in [7, 11) is -1.21. The molecule has 0 radical (unpaired) electrons. The number of nitrogens with one attached hydrogen (secondary N) is 3. The molecule has 0 aliphatic rings. The second-order valence-electron chi connectivity index (χ2n) is 6.60. The largest absolute Gasteiger partial charge is 0.481 e. The van der Waals surface area contributed by atoms with Crippen molar-refractivity contribution in [3.63, 3.8) is 0 Å². The van der Waals surface area contributed by atoms with Crippen LogP contribution < -0.4 is 24.8 Å². The number of rotatable bonds is 8. The van der Waals surface area contributed by atoms with E-state index < -0.39 is 15.9 Å². The number of aromatic nitrogens is 2. The Balaban J connectivity index is 1.61. The van der Waals surface area contributed by atoms with Crippen LogP contribution in [0, 0.1) is 0 Å². The van der Waals surface area contributed by atoms with Crippen molar-refractivity contribution < 1.29 is 22.7 Å². The molecule has 0 aliphatic carbocycles. The molecule has 0 saturated heterocycles. The van der Waals surface area contributed by atoms with Crippen molar-refractivity contribution in [1.82, 2.24) is 15.3 Å². The van der Waals surface area contributed by atoms with Gasteiger partial charge in [0.05, 0.1) is 19.1 Å². The normalized spacial score (nSPS) is 11.0. The van der Waals surface area contributed by atoms with Crippen LogP contribution in [0.4, 0.5) is 11.5 Å². The van der Waals surface area contributed by atoms with Gasteiger partial charge in [-0.15, -0.1) is 0 Å². The van der Waals surface area contributed by atoms with Gasteiger partial charge in [-0.25, -0.2) is 8.42 Å². The highest BCUT2D eigenvalue weighted by atomic mass is 32.2. The number of nitrogens with zero attached hydrogens (tertiary/aromatic N) is 2. The number of amides is 1. The summed E-state index contributed by atoms with van der Waals surface area (Å²) in [5.41, 5.74) is 1.36. The molecule has 0 saturated carbocycles. The summed E-state index contributed by atoms with van der Waals surface area (Å²) < 4.78 is 37.7. The van der Waals surface area contributed by atoms with E-state index in [1.54, 1.807) is 6.08 Å². The molecule has 3 N–H and O–H groups in total. The molecule has 0 aliphatic heterocycles. The lowest BCUT2D eigenvalue weighted by atomic mass is 10.2. The van der Waals surface area contributed by atoms with Gasteiger partial charge in [0, 0.05) is 17.8 Å². The van der Waals surface area contributed by atoms with E-state index in [2.05, 4.69) is 25.3 Å². The Morgan fingerprint density at radius 3 is 2.35 bits per heavy atom. The highest BCUT2D eigenvalue weighted by Crippen LogP contribution is 2.21. The van der Waals surface area contributed by atoms with Crippen LogP contribution in [-0.4, -0.2) is 43.6 Å². The molecule has 34 heavy (non-hydrogen) atoms. The van der Waals surface area contributed by atoms with Gasteiger partial charge in [-0.2, -0.15) is 9.97 Å². The van der Waals surface area contributed by atoms with E-state index in [0.717, 1.165) is 5.56 Å². The molecule has 176 valence electrons. The van der Waals surface area contributed by atoms with Crippen molar-refractivity contribution in [2.45, 2.75) is 4.90 Å². The van der Waals surface area contributed by atoms with E-state index in [0.29, 0.717) is 5.69 Å². The van der Waals surface area contributed by atoms with Gasteiger partial charge in [0.25, 0.3) is 10.0 Å². The minimum Gasteiger partial charge on any atom is -0.481 e. The SMILES string of the molecule is COc1cc(NS(=O)(=O)c2ccc(NC(=S)NC(=O)/C=C/c3ccccc3)cc2)nc(OC)n1. The molecular weight excluding hydrogens is 478 g/mol. The van der Waals surface area contributed by atoms with Crippen LogP contribution in [0.1, 0.15) is 5.56 Å². The average molecular weight is 500 g/mol. The summed E-state index contributed by atoms with van der Waals surface area (Å²) in [5, 5.41) is 5.42. The topological polar surface area (TPSA) is 132 Å². The molecule has 0 bridgehead atoms. The Morgan fingerprint density at radius 2 is 1.71 bits per heavy atom. The lowest BCUT2D eigenvalue weighted by Crippen LogP contribution is -2.32. The van der Waals surface area contributed by atoms with Crippen LogP contribution in [-0.2, 0) is 14.8 Å². The van der Waals surface area contributed by atoms with Crippen molar-refractivity contribution >= 4 is 50.8 Å². The lowest BCUT2D eigenvalue weighted by molar-refractivity contribution is -0.115. The number of benzene rings is 2. The van der Waals surface area contributed by atoms with E-state index in [4.69, 9.17) is 21.7 Å². The summed E-state index contributed by atoms with van der Waals surface area (Å²) in [6, 6.07) is 16.4. The standard InChI is InChI=1S/C22H21N5O5S2/c1-31-20-14-18(24-21(26-20)32-2)27-34(29,30)17-11-9-16(10-12-17)23-22(33)25-19(28)13-8-15-6-4-3-5-7-15/h3-14H,1-2H3,(H,24,26,27)(H2,23,25,28,33)/b13-8+. The molecule has 0 spiro atoms. The Hall–Kier alpha value is -4.03.